The van der Waals surface area contributed by atoms with Crippen LogP contribution in [-0.2, 0) is 0 Å². The third-order valence-corrected chi connectivity index (χ3v) is 5.33. The van der Waals surface area contributed by atoms with Crippen LogP contribution in [0.4, 0.5) is 0 Å². The molecular weight excluding hydrogens is 318 g/mol. The van der Waals surface area contributed by atoms with Crippen molar-refractivity contribution in [1.29, 1.82) is 0 Å². The number of thiophene rings is 1. The minimum atomic E-state index is -0.0753. The van der Waals surface area contributed by atoms with E-state index in [1.54, 1.807) is 11.3 Å². The molecule has 1 unspecified atom stereocenters. The van der Waals surface area contributed by atoms with E-state index in [2.05, 4.69) is 64.6 Å². The molecule has 0 saturated heterocycles. The van der Waals surface area contributed by atoms with Crippen molar-refractivity contribution < 1.29 is 0 Å². The number of rotatable bonds is 2. The number of nitrogens with two attached hydrogens (primary N) is 1. The highest BCUT2D eigenvalue weighted by atomic mass is 79.9. The minimum absolute atomic E-state index is 0.0753. The summed E-state index contributed by atoms with van der Waals surface area (Å²) in [5, 5.41) is 3.44. The number of hydrogen-bond donors (Lipinski definition) is 1. The Hall–Kier alpha value is -1.16. The van der Waals surface area contributed by atoms with Crippen molar-refractivity contribution in [3.8, 4) is 0 Å². The topological polar surface area (TPSA) is 26.0 Å². The van der Waals surface area contributed by atoms with E-state index in [1.165, 1.54) is 26.8 Å². The number of hydrogen-bond acceptors (Lipinski definition) is 2. The predicted molar refractivity (Wildman–Crippen MR) is 86.7 cm³/mol. The van der Waals surface area contributed by atoms with Gasteiger partial charge in [-0.3, -0.25) is 0 Å². The molecule has 0 bridgehead atoms. The Morgan fingerprint density at radius 2 is 1.84 bits per heavy atom. The van der Waals surface area contributed by atoms with Gasteiger partial charge in [0, 0.05) is 9.17 Å². The molecule has 2 aromatic carbocycles. The molecule has 0 amide bonds. The van der Waals surface area contributed by atoms with Gasteiger partial charge in [0.2, 0.25) is 0 Å². The maximum Gasteiger partial charge on any atom is 0.0569 e. The Morgan fingerprint density at radius 1 is 1.05 bits per heavy atom. The van der Waals surface area contributed by atoms with Gasteiger partial charge in [0.05, 0.1) is 6.04 Å². The molecular formula is C16H14BrNS. The molecule has 96 valence electrons. The second-order valence-electron chi connectivity index (χ2n) is 4.62. The summed E-state index contributed by atoms with van der Waals surface area (Å²) in [7, 11) is 0. The van der Waals surface area contributed by atoms with Crippen LogP contribution in [0.15, 0.2) is 52.3 Å². The zero-order valence-corrected chi connectivity index (χ0v) is 13.0. The highest BCUT2D eigenvalue weighted by molar-refractivity contribution is 9.10. The highest BCUT2D eigenvalue weighted by Crippen LogP contribution is 2.34. The standard InChI is InChI=1S/C16H14BrNS/c1-10-11(6-4-7-14(10)17)16(18)13-9-19-15-8-3-2-5-12(13)15/h2-9,16H,18H2,1H3. The summed E-state index contributed by atoms with van der Waals surface area (Å²) >= 11 is 5.33. The molecule has 19 heavy (non-hydrogen) atoms. The Labute approximate surface area is 125 Å². The monoisotopic (exact) mass is 331 g/mol. The zero-order valence-electron chi connectivity index (χ0n) is 10.6. The summed E-state index contributed by atoms with van der Waals surface area (Å²) < 4.78 is 2.40. The second-order valence-corrected chi connectivity index (χ2v) is 6.38. The average Bonchev–Trinajstić information content (AvgIpc) is 2.85. The fraction of sp³-hybridized carbons (Fsp3) is 0.125. The zero-order chi connectivity index (χ0) is 13.4. The molecule has 1 atom stereocenters. The first-order valence-corrected chi connectivity index (χ1v) is 7.82. The highest BCUT2D eigenvalue weighted by Gasteiger charge is 2.16. The van der Waals surface area contributed by atoms with Crippen LogP contribution in [-0.4, -0.2) is 0 Å². The Morgan fingerprint density at radius 3 is 2.68 bits per heavy atom. The number of fused-ring (bicyclic) bond motifs is 1. The molecule has 1 nitrogen and oxygen atoms in total. The van der Waals surface area contributed by atoms with E-state index in [0.29, 0.717) is 0 Å². The van der Waals surface area contributed by atoms with Gasteiger partial charge in [-0.1, -0.05) is 46.3 Å². The molecule has 3 aromatic rings. The van der Waals surface area contributed by atoms with Crippen LogP contribution < -0.4 is 5.73 Å². The van der Waals surface area contributed by atoms with Crippen molar-refractivity contribution in [2.45, 2.75) is 13.0 Å². The lowest BCUT2D eigenvalue weighted by Gasteiger charge is -2.15. The van der Waals surface area contributed by atoms with Gasteiger partial charge in [0.15, 0.2) is 0 Å². The van der Waals surface area contributed by atoms with Gasteiger partial charge in [0.1, 0.15) is 0 Å². The molecule has 0 aliphatic heterocycles. The van der Waals surface area contributed by atoms with Crippen LogP contribution in [0, 0.1) is 6.92 Å². The molecule has 0 fully saturated rings. The van der Waals surface area contributed by atoms with Crippen molar-refractivity contribution in [2.75, 3.05) is 0 Å². The van der Waals surface area contributed by atoms with E-state index >= 15 is 0 Å². The largest absolute Gasteiger partial charge is 0.320 e. The van der Waals surface area contributed by atoms with Gasteiger partial charge in [0.25, 0.3) is 0 Å². The van der Waals surface area contributed by atoms with Crippen LogP contribution in [0.3, 0.4) is 0 Å². The lowest BCUT2D eigenvalue weighted by molar-refractivity contribution is 0.872. The van der Waals surface area contributed by atoms with Gasteiger partial charge in [-0.15, -0.1) is 11.3 Å². The molecule has 1 heterocycles. The van der Waals surface area contributed by atoms with Crippen molar-refractivity contribution >= 4 is 37.4 Å². The maximum absolute atomic E-state index is 6.48. The summed E-state index contributed by atoms with van der Waals surface area (Å²) in [6.07, 6.45) is 0. The lowest BCUT2D eigenvalue weighted by atomic mass is 9.95. The molecule has 0 aliphatic rings. The van der Waals surface area contributed by atoms with Gasteiger partial charge in [-0.05, 0) is 46.5 Å². The average molecular weight is 332 g/mol. The summed E-state index contributed by atoms with van der Waals surface area (Å²) in [6.45, 7) is 2.10. The SMILES string of the molecule is Cc1c(Br)cccc1C(N)c1csc2ccccc12. The first kappa shape index (κ1) is 12.9. The van der Waals surface area contributed by atoms with Crippen LogP contribution in [0.5, 0.6) is 0 Å². The van der Waals surface area contributed by atoms with Gasteiger partial charge in [-0.2, -0.15) is 0 Å². The summed E-state index contributed by atoms with van der Waals surface area (Å²) in [5.74, 6) is 0. The molecule has 3 heteroatoms. The number of halogens is 1. The van der Waals surface area contributed by atoms with Crippen molar-refractivity contribution in [3.63, 3.8) is 0 Å². The van der Waals surface area contributed by atoms with Crippen LogP contribution in [0.2, 0.25) is 0 Å². The van der Waals surface area contributed by atoms with Crippen LogP contribution in [0.1, 0.15) is 22.7 Å². The van der Waals surface area contributed by atoms with Crippen molar-refractivity contribution in [1.82, 2.24) is 0 Å². The van der Waals surface area contributed by atoms with E-state index in [9.17, 15) is 0 Å². The first-order valence-electron chi connectivity index (χ1n) is 6.15. The van der Waals surface area contributed by atoms with Gasteiger partial charge in [-0.25, -0.2) is 0 Å². The molecule has 2 N–H and O–H groups in total. The first-order chi connectivity index (χ1) is 9.18. The van der Waals surface area contributed by atoms with Crippen LogP contribution >= 0.6 is 27.3 Å². The fourth-order valence-electron chi connectivity index (χ4n) is 2.37. The van der Waals surface area contributed by atoms with Gasteiger partial charge < -0.3 is 5.73 Å². The maximum atomic E-state index is 6.48. The second kappa shape index (κ2) is 5.08. The predicted octanol–water partition coefficient (Wildman–Crippen LogP) is 5.02. The van der Waals surface area contributed by atoms with E-state index in [4.69, 9.17) is 5.73 Å². The Balaban J connectivity index is 2.13. The van der Waals surface area contributed by atoms with E-state index in [1.807, 2.05) is 6.07 Å². The van der Waals surface area contributed by atoms with E-state index in [-0.39, 0.29) is 6.04 Å². The van der Waals surface area contributed by atoms with E-state index < -0.39 is 0 Å². The molecule has 3 rings (SSSR count). The fourth-order valence-corrected chi connectivity index (χ4v) is 3.75. The smallest absolute Gasteiger partial charge is 0.0569 e. The normalized spacial score (nSPS) is 12.8. The molecule has 0 radical (unpaired) electrons. The van der Waals surface area contributed by atoms with Crippen LogP contribution in [0.25, 0.3) is 10.1 Å². The third kappa shape index (κ3) is 2.22. The Kier molecular flexibility index (Phi) is 3.44. The summed E-state index contributed by atoms with van der Waals surface area (Å²) in [5.41, 5.74) is 10.1. The Bertz CT molecular complexity index is 732. The third-order valence-electron chi connectivity index (χ3n) is 3.49. The number of benzene rings is 2. The minimum Gasteiger partial charge on any atom is -0.320 e. The summed E-state index contributed by atoms with van der Waals surface area (Å²) in [4.78, 5) is 0. The van der Waals surface area contributed by atoms with Gasteiger partial charge >= 0.3 is 0 Å². The lowest BCUT2D eigenvalue weighted by Crippen LogP contribution is -2.12. The molecule has 1 aromatic heterocycles. The van der Waals surface area contributed by atoms with Crippen molar-refractivity contribution in [2.24, 2.45) is 5.73 Å². The molecule has 0 spiro atoms. The van der Waals surface area contributed by atoms with E-state index in [0.717, 1.165) is 4.47 Å². The van der Waals surface area contributed by atoms with Crippen molar-refractivity contribution in [3.05, 3.63) is 69.0 Å². The molecule has 0 aliphatic carbocycles. The summed E-state index contributed by atoms with van der Waals surface area (Å²) in [6, 6.07) is 14.6. The quantitative estimate of drug-likeness (QED) is 0.700. The molecule has 0 saturated carbocycles.